The van der Waals surface area contributed by atoms with Gasteiger partial charge in [0, 0.05) is 49.8 Å². The summed E-state index contributed by atoms with van der Waals surface area (Å²) in [6, 6.07) is 0.0684. The Labute approximate surface area is 215 Å². The SMILES string of the molecule is NC(=O)CN1CC[C@@H](CCn2cc(F)c3c(N(Cc4cnc(C(F)(F)F)nc4)C4CC4)ncnc32)[C@H](O)C1. The molecular weight excluding hydrogens is 508 g/mol. The molecule has 3 aromatic heterocycles. The second-order valence-electron chi connectivity index (χ2n) is 9.94. The van der Waals surface area contributed by atoms with E-state index >= 15 is 4.39 Å². The van der Waals surface area contributed by atoms with E-state index in [0.29, 0.717) is 49.5 Å². The van der Waals surface area contributed by atoms with Crippen LogP contribution in [0.2, 0.25) is 0 Å². The maximum absolute atomic E-state index is 15.3. The van der Waals surface area contributed by atoms with Gasteiger partial charge in [0.25, 0.3) is 0 Å². The molecule has 0 unspecified atom stereocenters. The molecule has 4 heterocycles. The van der Waals surface area contributed by atoms with Crippen LogP contribution in [0, 0.1) is 11.7 Å². The highest BCUT2D eigenvalue weighted by Gasteiger charge is 2.36. The van der Waals surface area contributed by atoms with Crippen LogP contribution < -0.4 is 10.6 Å². The summed E-state index contributed by atoms with van der Waals surface area (Å²) in [4.78, 5) is 30.4. The first-order valence-corrected chi connectivity index (χ1v) is 12.4. The first kappa shape index (κ1) is 26.2. The lowest BCUT2D eigenvalue weighted by molar-refractivity contribution is -0.145. The van der Waals surface area contributed by atoms with Crippen molar-refractivity contribution in [2.24, 2.45) is 11.7 Å². The summed E-state index contributed by atoms with van der Waals surface area (Å²) in [7, 11) is 0. The first-order chi connectivity index (χ1) is 18.1. The molecule has 0 aromatic carbocycles. The van der Waals surface area contributed by atoms with Gasteiger partial charge in [-0.1, -0.05) is 0 Å². The van der Waals surface area contributed by atoms with Gasteiger partial charge in [0.1, 0.15) is 17.8 Å². The molecule has 5 rings (SSSR count). The summed E-state index contributed by atoms with van der Waals surface area (Å²) < 4.78 is 55.5. The van der Waals surface area contributed by atoms with Gasteiger partial charge >= 0.3 is 6.18 Å². The van der Waals surface area contributed by atoms with E-state index in [1.807, 2.05) is 9.80 Å². The minimum atomic E-state index is -4.63. The highest BCUT2D eigenvalue weighted by molar-refractivity contribution is 5.89. The fourth-order valence-electron chi connectivity index (χ4n) is 5.04. The second kappa shape index (κ2) is 10.4. The number of likely N-dealkylation sites (tertiary alicyclic amines) is 1. The lowest BCUT2D eigenvalue weighted by atomic mass is 9.91. The molecule has 3 N–H and O–H groups in total. The van der Waals surface area contributed by atoms with Gasteiger partial charge in [0.05, 0.1) is 18.0 Å². The summed E-state index contributed by atoms with van der Waals surface area (Å²) in [6.07, 6.45) is 2.68. The van der Waals surface area contributed by atoms with Crippen LogP contribution in [0.4, 0.5) is 23.4 Å². The number of amides is 1. The minimum Gasteiger partial charge on any atom is -0.392 e. The Hall–Kier alpha value is -3.39. The lowest BCUT2D eigenvalue weighted by Crippen LogP contribution is -2.47. The summed E-state index contributed by atoms with van der Waals surface area (Å²) in [5.41, 5.74) is 6.11. The van der Waals surface area contributed by atoms with Crippen molar-refractivity contribution in [3.8, 4) is 0 Å². The van der Waals surface area contributed by atoms with Gasteiger partial charge in [-0.2, -0.15) is 13.2 Å². The molecule has 0 spiro atoms. The van der Waals surface area contributed by atoms with Gasteiger partial charge in [-0.15, -0.1) is 0 Å². The number of nitrogens with two attached hydrogens (primary N) is 1. The zero-order chi connectivity index (χ0) is 27.0. The van der Waals surface area contributed by atoms with E-state index < -0.39 is 29.8 Å². The molecule has 1 saturated carbocycles. The number of aliphatic hydroxyl groups excluding tert-OH is 1. The fraction of sp³-hybridized carbons (Fsp3) is 0.542. The van der Waals surface area contributed by atoms with Gasteiger partial charge in [-0.3, -0.25) is 9.69 Å². The lowest BCUT2D eigenvalue weighted by Gasteiger charge is -2.35. The average molecular weight is 537 g/mol. The smallest absolute Gasteiger partial charge is 0.392 e. The van der Waals surface area contributed by atoms with Crippen molar-refractivity contribution in [1.82, 2.24) is 29.4 Å². The normalized spacial score (nSPS) is 20.7. The number of aromatic nitrogens is 5. The fourth-order valence-corrected chi connectivity index (χ4v) is 5.04. The van der Waals surface area contributed by atoms with Crippen LogP contribution in [0.5, 0.6) is 0 Å². The van der Waals surface area contributed by atoms with Crippen LogP contribution in [0.3, 0.4) is 0 Å². The van der Waals surface area contributed by atoms with Crippen molar-refractivity contribution in [3.63, 3.8) is 0 Å². The molecular formula is C24H28F4N8O2. The quantitative estimate of drug-likeness (QED) is 0.399. The molecule has 38 heavy (non-hydrogen) atoms. The van der Waals surface area contributed by atoms with Crippen molar-refractivity contribution in [2.45, 2.75) is 57.1 Å². The van der Waals surface area contributed by atoms with E-state index in [0.717, 1.165) is 25.2 Å². The molecule has 1 amide bonds. The summed E-state index contributed by atoms with van der Waals surface area (Å²) in [6.45, 7) is 1.69. The van der Waals surface area contributed by atoms with Gasteiger partial charge in [-0.05, 0) is 38.1 Å². The molecule has 2 aliphatic rings. The van der Waals surface area contributed by atoms with Gasteiger partial charge < -0.3 is 20.3 Å². The Morgan fingerprint density at radius 2 is 1.89 bits per heavy atom. The van der Waals surface area contributed by atoms with Crippen molar-refractivity contribution >= 4 is 22.8 Å². The average Bonchev–Trinajstić information content (AvgIpc) is 3.65. The number of halogens is 4. The Morgan fingerprint density at radius 3 is 2.53 bits per heavy atom. The number of fused-ring (bicyclic) bond motifs is 1. The Kier molecular flexibility index (Phi) is 7.18. The number of carbonyl (C=O) groups excluding carboxylic acids is 1. The molecule has 1 aliphatic heterocycles. The number of β-amino-alcohol motifs (C(OH)–C–C–N with tert-alkyl or cyclic N) is 1. The van der Waals surface area contributed by atoms with Gasteiger partial charge in [0.2, 0.25) is 11.7 Å². The maximum Gasteiger partial charge on any atom is 0.451 e. The number of alkyl halides is 3. The van der Waals surface area contributed by atoms with Crippen LogP contribution in [-0.2, 0) is 24.1 Å². The van der Waals surface area contributed by atoms with Crippen molar-refractivity contribution in [2.75, 3.05) is 24.5 Å². The van der Waals surface area contributed by atoms with Crippen molar-refractivity contribution in [1.29, 1.82) is 0 Å². The van der Waals surface area contributed by atoms with Crippen LogP contribution in [-0.4, -0.2) is 72.2 Å². The van der Waals surface area contributed by atoms with Crippen LogP contribution in [0.1, 0.15) is 37.1 Å². The molecule has 2 fully saturated rings. The number of rotatable bonds is 9. The molecule has 0 radical (unpaired) electrons. The van der Waals surface area contributed by atoms with E-state index in [9.17, 15) is 23.1 Å². The standard InChI is InChI=1S/C24H28F4N8O2/c25-17-10-35(6-4-15-3-5-34(11-18(15)37)12-19(29)38)21-20(17)22(33-13-32-21)36(16-1-2-16)9-14-7-30-23(31-8-14)24(26,27)28/h7-8,10,13,15-16,18,37H,1-6,9,11-12H2,(H2,29,38)/t15-,18+/m0/s1. The number of aliphatic hydroxyl groups is 1. The highest BCUT2D eigenvalue weighted by atomic mass is 19.4. The zero-order valence-corrected chi connectivity index (χ0v) is 20.5. The molecule has 3 aromatic rings. The third-order valence-corrected chi connectivity index (χ3v) is 7.08. The second-order valence-corrected chi connectivity index (χ2v) is 9.94. The molecule has 14 heteroatoms. The zero-order valence-electron chi connectivity index (χ0n) is 20.5. The van der Waals surface area contributed by atoms with E-state index in [4.69, 9.17) is 5.73 Å². The Bertz CT molecular complexity index is 1300. The minimum absolute atomic E-state index is 0.0245. The predicted molar refractivity (Wildman–Crippen MR) is 128 cm³/mol. The van der Waals surface area contributed by atoms with E-state index in [1.165, 1.54) is 12.5 Å². The van der Waals surface area contributed by atoms with E-state index in [-0.39, 0.29) is 30.4 Å². The summed E-state index contributed by atoms with van der Waals surface area (Å²) >= 11 is 0. The topological polar surface area (TPSA) is 126 Å². The first-order valence-electron chi connectivity index (χ1n) is 12.4. The molecule has 10 nitrogen and oxygen atoms in total. The van der Waals surface area contributed by atoms with E-state index in [1.54, 1.807) is 4.57 Å². The number of nitrogens with zero attached hydrogens (tertiary/aromatic N) is 7. The number of hydrogen-bond donors (Lipinski definition) is 2. The van der Waals surface area contributed by atoms with Crippen LogP contribution >= 0.6 is 0 Å². The molecule has 1 saturated heterocycles. The molecule has 1 aliphatic carbocycles. The van der Waals surface area contributed by atoms with Gasteiger partial charge in [-0.25, -0.2) is 24.3 Å². The number of hydrogen-bond acceptors (Lipinski definition) is 8. The maximum atomic E-state index is 15.3. The number of primary amides is 1. The van der Waals surface area contributed by atoms with E-state index in [2.05, 4.69) is 19.9 Å². The predicted octanol–water partition coefficient (Wildman–Crippen LogP) is 2.11. The largest absolute Gasteiger partial charge is 0.451 e. The third kappa shape index (κ3) is 5.70. The molecule has 2 atom stereocenters. The van der Waals surface area contributed by atoms with Crippen molar-refractivity contribution in [3.05, 3.63) is 42.1 Å². The highest BCUT2D eigenvalue weighted by Crippen LogP contribution is 2.37. The van der Waals surface area contributed by atoms with Crippen LogP contribution in [0.25, 0.3) is 11.0 Å². The number of aryl methyl sites for hydroxylation is 1. The van der Waals surface area contributed by atoms with Gasteiger partial charge in [0.15, 0.2) is 5.82 Å². The molecule has 204 valence electrons. The monoisotopic (exact) mass is 536 g/mol. The summed E-state index contributed by atoms with van der Waals surface area (Å²) in [5, 5.41) is 10.8. The molecule has 0 bridgehead atoms. The number of carbonyl (C=O) groups is 1. The van der Waals surface area contributed by atoms with Crippen molar-refractivity contribution < 1.29 is 27.5 Å². The van der Waals surface area contributed by atoms with Crippen LogP contribution in [0.15, 0.2) is 24.9 Å². The third-order valence-electron chi connectivity index (χ3n) is 7.08. The summed E-state index contributed by atoms with van der Waals surface area (Å²) in [5.74, 6) is -1.80. The number of piperidine rings is 1. The number of anilines is 1. The Morgan fingerprint density at radius 1 is 1.16 bits per heavy atom. The Balaban J connectivity index is 1.33.